The lowest BCUT2D eigenvalue weighted by molar-refractivity contribution is 0.278. The van der Waals surface area contributed by atoms with Crippen LogP contribution in [0.2, 0.25) is 0 Å². The van der Waals surface area contributed by atoms with Gasteiger partial charge in [0, 0.05) is 5.88 Å². The summed E-state index contributed by atoms with van der Waals surface area (Å²) in [7, 11) is 0. The summed E-state index contributed by atoms with van der Waals surface area (Å²) in [5.74, 6) is 5.67. The smallest absolute Gasteiger partial charge is 0.0280 e. The van der Waals surface area contributed by atoms with Crippen molar-refractivity contribution in [1.29, 1.82) is 0 Å². The van der Waals surface area contributed by atoms with Gasteiger partial charge in [0.2, 0.25) is 0 Å². The van der Waals surface area contributed by atoms with E-state index in [-0.39, 0.29) is 0 Å². The molecule has 0 aromatic rings. The van der Waals surface area contributed by atoms with E-state index in [1.807, 2.05) is 0 Å². The third kappa shape index (κ3) is 2.41. The molecule has 0 bridgehead atoms. The molecule has 82 valence electrons. The SMILES string of the molecule is CCSCCCC1(CCl)CC2CC2C1. The van der Waals surface area contributed by atoms with E-state index in [2.05, 4.69) is 18.7 Å². The van der Waals surface area contributed by atoms with Crippen LogP contribution in [0.25, 0.3) is 0 Å². The van der Waals surface area contributed by atoms with Crippen LogP contribution in [0.1, 0.15) is 39.0 Å². The lowest BCUT2D eigenvalue weighted by atomic mass is 9.81. The monoisotopic (exact) mass is 232 g/mol. The van der Waals surface area contributed by atoms with E-state index in [1.165, 1.54) is 43.6 Å². The molecule has 0 heterocycles. The van der Waals surface area contributed by atoms with Gasteiger partial charge in [-0.25, -0.2) is 0 Å². The Labute approximate surface area is 97.2 Å². The van der Waals surface area contributed by atoms with Crippen molar-refractivity contribution in [2.75, 3.05) is 17.4 Å². The number of hydrogen-bond acceptors (Lipinski definition) is 1. The maximum absolute atomic E-state index is 6.16. The largest absolute Gasteiger partial charge is 0.162 e. The molecule has 2 aliphatic rings. The van der Waals surface area contributed by atoms with Gasteiger partial charge in [0.1, 0.15) is 0 Å². The van der Waals surface area contributed by atoms with Crippen LogP contribution in [-0.2, 0) is 0 Å². The molecule has 0 saturated heterocycles. The first-order valence-electron chi connectivity index (χ1n) is 5.93. The van der Waals surface area contributed by atoms with Crippen LogP contribution in [-0.4, -0.2) is 17.4 Å². The van der Waals surface area contributed by atoms with Gasteiger partial charge in [-0.1, -0.05) is 6.92 Å². The van der Waals surface area contributed by atoms with E-state index in [9.17, 15) is 0 Å². The number of alkyl halides is 1. The molecule has 0 aromatic carbocycles. The second kappa shape index (κ2) is 4.65. The molecule has 0 nitrogen and oxygen atoms in total. The maximum Gasteiger partial charge on any atom is 0.0280 e. The van der Waals surface area contributed by atoms with Gasteiger partial charge in [0.15, 0.2) is 0 Å². The Hall–Kier alpha value is 0.640. The summed E-state index contributed by atoms with van der Waals surface area (Å²) in [4.78, 5) is 0. The highest BCUT2D eigenvalue weighted by molar-refractivity contribution is 7.99. The topological polar surface area (TPSA) is 0 Å². The van der Waals surface area contributed by atoms with Crippen LogP contribution in [0.5, 0.6) is 0 Å². The van der Waals surface area contributed by atoms with Crippen LogP contribution in [0, 0.1) is 17.3 Å². The molecule has 0 aromatic heterocycles. The molecular formula is C12H21ClS. The summed E-state index contributed by atoms with van der Waals surface area (Å²) in [5, 5.41) is 0. The van der Waals surface area contributed by atoms with Crippen molar-refractivity contribution in [3.63, 3.8) is 0 Å². The summed E-state index contributed by atoms with van der Waals surface area (Å²) in [6, 6.07) is 0. The number of halogens is 1. The summed E-state index contributed by atoms with van der Waals surface area (Å²) in [6.07, 6.45) is 7.17. The van der Waals surface area contributed by atoms with Crippen LogP contribution < -0.4 is 0 Å². The minimum atomic E-state index is 0.559. The third-order valence-corrected chi connectivity index (χ3v) is 5.50. The first-order valence-corrected chi connectivity index (χ1v) is 7.62. The van der Waals surface area contributed by atoms with Crippen molar-refractivity contribution in [2.45, 2.75) is 39.0 Å². The van der Waals surface area contributed by atoms with E-state index in [0.29, 0.717) is 5.41 Å². The van der Waals surface area contributed by atoms with E-state index in [4.69, 9.17) is 11.6 Å². The molecule has 0 spiro atoms. The van der Waals surface area contributed by atoms with Crippen LogP contribution in [0.15, 0.2) is 0 Å². The average Bonchev–Trinajstić information content (AvgIpc) is 2.82. The highest BCUT2D eigenvalue weighted by atomic mass is 35.5. The molecule has 0 N–H and O–H groups in total. The molecular weight excluding hydrogens is 212 g/mol. The molecule has 0 amide bonds. The Bertz CT molecular complexity index is 183. The van der Waals surface area contributed by atoms with Gasteiger partial charge in [-0.3, -0.25) is 0 Å². The second-order valence-corrected chi connectivity index (χ2v) is 6.76. The third-order valence-electron chi connectivity index (χ3n) is 3.94. The van der Waals surface area contributed by atoms with Crippen molar-refractivity contribution in [1.82, 2.24) is 0 Å². The molecule has 2 rings (SSSR count). The van der Waals surface area contributed by atoms with Crippen molar-refractivity contribution < 1.29 is 0 Å². The van der Waals surface area contributed by atoms with Crippen molar-refractivity contribution >= 4 is 23.4 Å². The molecule has 2 atom stereocenters. The summed E-state index contributed by atoms with van der Waals surface area (Å²) >= 11 is 8.23. The van der Waals surface area contributed by atoms with Gasteiger partial charge in [-0.2, -0.15) is 11.8 Å². The van der Waals surface area contributed by atoms with Crippen LogP contribution in [0.3, 0.4) is 0 Å². The zero-order valence-corrected chi connectivity index (χ0v) is 10.7. The number of hydrogen-bond donors (Lipinski definition) is 0. The fourth-order valence-electron chi connectivity index (χ4n) is 3.08. The highest BCUT2D eigenvalue weighted by Gasteiger charge is 2.52. The van der Waals surface area contributed by atoms with Gasteiger partial charge in [-0.05, 0) is 60.9 Å². The van der Waals surface area contributed by atoms with Gasteiger partial charge in [0.05, 0.1) is 0 Å². The first-order chi connectivity index (χ1) is 6.79. The quantitative estimate of drug-likeness (QED) is 0.489. The molecule has 0 radical (unpaired) electrons. The Morgan fingerprint density at radius 1 is 1.36 bits per heavy atom. The molecule has 2 aliphatic carbocycles. The van der Waals surface area contributed by atoms with Crippen molar-refractivity contribution in [3.05, 3.63) is 0 Å². The highest BCUT2D eigenvalue weighted by Crippen LogP contribution is 2.61. The Kier molecular flexibility index (Phi) is 3.70. The second-order valence-electron chi connectivity index (χ2n) is 5.10. The Morgan fingerprint density at radius 2 is 2.07 bits per heavy atom. The standard InChI is InChI=1S/C12H21ClS/c1-2-14-5-3-4-12(9-13)7-10-6-11(10)8-12/h10-11H,2-9H2,1H3. The lowest BCUT2D eigenvalue weighted by Gasteiger charge is -2.28. The molecule has 14 heavy (non-hydrogen) atoms. The van der Waals surface area contributed by atoms with Crippen LogP contribution >= 0.6 is 23.4 Å². The zero-order valence-electron chi connectivity index (χ0n) is 9.10. The van der Waals surface area contributed by atoms with Crippen molar-refractivity contribution in [2.24, 2.45) is 17.3 Å². The zero-order chi connectivity index (χ0) is 10.0. The Morgan fingerprint density at radius 3 is 2.64 bits per heavy atom. The fourth-order valence-corrected chi connectivity index (χ4v) is 4.07. The van der Waals surface area contributed by atoms with Gasteiger partial charge in [-0.15, -0.1) is 11.6 Å². The van der Waals surface area contributed by atoms with Gasteiger partial charge < -0.3 is 0 Å². The lowest BCUT2D eigenvalue weighted by Crippen LogP contribution is -2.21. The van der Waals surface area contributed by atoms with E-state index in [0.717, 1.165) is 17.7 Å². The fraction of sp³-hybridized carbons (Fsp3) is 1.00. The number of rotatable bonds is 6. The van der Waals surface area contributed by atoms with E-state index >= 15 is 0 Å². The maximum atomic E-state index is 6.16. The van der Waals surface area contributed by atoms with E-state index in [1.54, 1.807) is 0 Å². The predicted molar refractivity (Wildman–Crippen MR) is 66.2 cm³/mol. The molecule has 2 fully saturated rings. The normalized spacial score (nSPS) is 39.9. The van der Waals surface area contributed by atoms with Gasteiger partial charge in [0.25, 0.3) is 0 Å². The number of fused-ring (bicyclic) bond motifs is 1. The minimum absolute atomic E-state index is 0.559. The predicted octanol–water partition coefficient (Wildman–Crippen LogP) is 4.17. The number of thioether (sulfide) groups is 1. The van der Waals surface area contributed by atoms with Crippen LogP contribution in [0.4, 0.5) is 0 Å². The Balaban J connectivity index is 1.70. The molecule has 2 saturated carbocycles. The van der Waals surface area contributed by atoms with Gasteiger partial charge >= 0.3 is 0 Å². The molecule has 2 unspecified atom stereocenters. The van der Waals surface area contributed by atoms with Crippen molar-refractivity contribution in [3.8, 4) is 0 Å². The first kappa shape index (κ1) is 11.1. The summed E-state index contributed by atoms with van der Waals surface area (Å²) in [6.45, 7) is 2.24. The van der Waals surface area contributed by atoms with E-state index < -0.39 is 0 Å². The summed E-state index contributed by atoms with van der Waals surface area (Å²) in [5.41, 5.74) is 0.559. The molecule has 2 heteroatoms. The summed E-state index contributed by atoms with van der Waals surface area (Å²) < 4.78 is 0. The average molecular weight is 233 g/mol. The minimum Gasteiger partial charge on any atom is -0.162 e. The molecule has 0 aliphatic heterocycles.